The summed E-state index contributed by atoms with van der Waals surface area (Å²) in [6.45, 7) is 0.438. The third-order valence-electron chi connectivity index (χ3n) is 2.90. The molecular formula is C8H12O3. The summed E-state index contributed by atoms with van der Waals surface area (Å²) < 4.78 is 4.81. The smallest absolute Gasteiger partial charge is 0.335 e. The van der Waals surface area contributed by atoms with Gasteiger partial charge in [0.1, 0.15) is 6.61 Å². The number of carbonyl (C=O) groups excluding carboxylic acids is 1. The lowest BCUT2D eigenvalue weighted by molar-refractivity contribution is -0.145. The first kappa shape index (κ1) is 7.10. The molecular weight excluding hydrogens is 144 g/mol. The zero-order valence-corrected chi connectivity index (χ0v) is 6.38. The Morgan fingerprint density at radius 1 is 1.45 bits per heavy atom. The van der Waals surface area contributed by atoms with Crippen LogP contribution in [0.25, 0.3) is 0 Å². The van der Waals surface area contributed by atoms with Crippen LogP contribution in [0, 0.1) is 5.41 Å². The molecule has 0 radical (unpaired) electrons. The highest BCUT2D eigenvalue weighted by atomic mass is 16.6. The molecule has 1 spiro atoms. The largest absolute Gasteiger partial charge is 0.463 e. The molecule has 1 aliphatic carbocycles. The number of hydrogen-bond donors (Lipinski definition) is 1. The highest BCUT2D eigenvalue weighted by Crippen LogP contribution is 2.44. The zero-order valence-electron chi connectivity index (χ0n) is 6.38. The number of carbonyl (C=O) groups is 1. The van der Waals surface area contributed by atoms with E-state index in [2.05, 4.69) is 0 Å². The Kier molecular flexibility index (Phi) is 1.42. The highest BCUT2D eigenvalue weighted by Gasteiger charge is 2.50. The quantitative estimate of drug-likeness (QED) is 0.518. The average molecular weight is 156 g/mol. The van der Waals surface area contributed by atoms with Gasteiger partial charge in [-0.1, -0.05) is 12.8 Å². The molecule has 0 aromatic rings. The fourth-order valence-corrected chi connectivity index (χ4v) is 2.12. The minimum absolute atomic E-state index is 0.197. The van der Waals surface area contributed by atoms with Gasteiger partial charge in [0.15, 0.2) is 6.10 Å². The maximum absolute atomic E-state index is 10.9. The van der Waals surface area contributed by atoms with E-state index < -0.39 is 12.1 Å². The average Bonchev–Trinajstić information content (AvgIpc) is 2.56. The van der Waals surface area contributed by atoms with Gasteiger partial charge in [0.25, 0.3) is 0 Å². The third-order valence-corrected chi connectivity index (χ3v) is 2.90. The first-order valence-corrected chi connectivity index (χ1v) is 4.09. The van der Waals surface area contributed by atoms with Crippen molar-refractivity contribution in [1.29, 1.82) is 0 Å². The molecule has 0 amide bonds. The minimum Gasteiger partial charge on any atom is -0.463 e. The second kappa shape index (κ2) is 2.21. The van der Waals surface area contributed by atoms with Crippen molar-refractivity contribution in [3.8, 4) is 0 Å². The highest BCUT2D eigenvalue weighted by molar-refractivity contribution is 5.77. The lowest BCUT2D eigenvalue weighted by atomic mass is 9.83. The normalized spacial score (nSPS) is 34.6. The Hall–Kier alpha value is -0.570. The zero-order chi connectivity index (χ0) is 7.90. The Balaban J connectivity index is 2.19. The third kappa shape index (κ3) is 0.872. The van der Waals surface area contributed by atoms with Crippen LogP contribution in [-0.2, 0) is 9.53 Å². The van der Waals surface area contributed by atoms with Gasteiger partial charge < -0.3 is 9.84 Å². The molecule has 0 bridgehead atoms. The number of ether oxygens (including phenoxy) is 1. The topological polar surface area (TPSA) is 46.5 Å². The lowest BCUT2D eigenvalue weighted by Gasteiger charge is -2.21. The van der Waals surface area contributed by atoms with Gasteiger partial charge in [-0.25, -0.2) is 4.79 Å². The summed E-state index contributed by atoms with van der Waals surface area (Å²) in [5.74, 6) is -0.424. The Labute approximate surface area is 65.4 Å². The van der Waals surface area contributed by atoms with Crippen LogP contribution >= 0.6 is 0 Å². The van der Waals surface area contributed by atoms with Crippen LogP contribution in [0.3, 0.4) is 0 Å². The van der Waals surface area contributed by atoms with Gasteiger partial charge in [0.05, 0.1) is 0 Å². The van der Waals surface area contributed by atoms with Gasteiger partial charge in [-0.15, -0.1) is 0 Å². The van der Waals surface area contributed by atoms with Gasteiger partial charge in [0.2, 0.25) is 0 Å². The van der Waals surface area contributed by atoms with E-state index in [-0.39, 0.29) is 5.41 Å². The number of cyclic esters (lactones) is 1. The van der Waals surface area contributed by atoms with Crippen LogP contribution in [0.2, 0.25) is 0 Å². The fourth-order valence-electron chi connectivity index (χ4n) is 2.12. The van der Waals surface area contributed by atoms with E-state index in [1.54, 1.807) is 0 Å². The van der Waals surface area contributed by atoms with E-state index in [1.165, 1.54) is 0 Å². The number of rotatable bonds is 0. The van der Waals surface area contributed by atoms with Gasteiger partial charge in [-0.3, -0.25) is 0 Å². The molecule has 62 valence electrons. The van der Waals surface area contributed by atoms with Crippen molar-refractivity contribution in [3.63, 3.8) is 0 Å². The SMILES string of the molecule is O=C1OCC2(CCCC2)[C@@H]1O. The molecule has 1 saturated carbocycles. The molecule has 1 saturated heterocycles. The Bertz CT molecular complexity index is 182. The van der Waals surface area contributed by atoms with E-state index in [9.17, 15) is 9.90 Å². The molecule has 2 rings (SSSR count). The van der Waals surface area contributed by atoms with Crippen molar-refractivity contribution in [2.24, 2.45) is 5.41 Å². The Morgan fingerprint density at radius 3 is 2.55 bits per heavy atom. The number of aliphatic hydroxyl groups excluding tert-OH is 1. The first-order chi connectivity index (χ1) is 5.25. The van der Waals surface area contributed by atoms with E-state index in [0.29, 0.717) is 6.61 Å². The van der Waals surface area contributed by atoms with Crippen molar-refractivity contribution in [2.45, 2.75) is 31.8 Å². The minimum atomic E-state index is -0.843. The molecule has 3 heteroatoms. The number of hydrogen-bond acceptors (Lipinski definition) is 3. The van der Waals surface area contributed by atoms with Crippen molar-refractivity contribution in [1.82, 2.24) is 0 Å². The molecule has 1 heterocycles. The second-order valence-corrected chi connectivity index (χ2v) is 3.58. The van der Waals surface area contributed by atoms with Crippen LogP contribution in [0.4, 0.5) is 0 Å². The summed E-state index contributed by atoms with van der Waals surface area (Å²) in [6, 6.07) is 0. The maximum Gasteiger partial charge on any atom is 0.335 e. The molecule has 11 heavy (non-hydrogen) atoms. The van der Waals surface area contributed by atoms with E-state index >= 15 is 0 Å². The predicted octanol–water partition coefficient (Wildman–Crippen LogP) is 0.464. The van der Waals surface area contributed by atoms with Crippen LogP contribution in [0.15, 0.2) is 0 Å². The summed E-state index contributed by atoms with van der Waals surface area (Å²) >= 11 is 0. The van der Waals surface area contributed by atoms with Crippen LogP contribution < -0.4 is 0 Å². The predicted molar refractivity (Wildman–Crippen MR) is 37.9 cm³/mol. The Morgan fingerprint density at radius 2 is 2.09 bits per heavy atom. The van der Waals surface area contributed by atoms with E-state index in [4.69, 9.17) is 4.74 Å². The van der Waals surface area contributed by atoms with Crippen molar-refractivity contribution < 1.29 is 14.6 Å². The number of aliphatic hydroxyl groups is 1. The molecule has 1 aliphatic heterocycles. The summed E-state index contributed by atoms with van der Waals surface area (Å²) in [5.41, 5.74) is -0.197. The van der Waals surface area contributed by atoms with Gasteiger partial charge in [-0.2, -0.15) is 0 Å². The van der Waals surface area contributed by atoms with E-state index in [1.807, 2.05) is 0 Å². The summed E-state index contributed by atoms with van der Waals surface area (Å²) in [7, 11) is 0. The maximum atomic E-state index is 10.9. The lowest BCUT2D eigenvalue weighted by Crippen LogP contribution is -2.32. The first-order valence-electron chi connectivity index (χ1n) is 4.09. The second-order valence-electron chi connectivity index (χ2n) is 3.58. The van der Waals surface area contributed by atoms with Crippen LogP contribution in [0.1, 0.15) is 25.7 Å². The summed E-state index contributed by atoms with van der Waals surface area (Å²) in [4.78, 5) is 10.9. The summed E-state index contributed by atoms with van der Waals surface area (Å²) in [5, 5.41) is 9.47. The number of esters is 1. The van der Waals surface area contributed by atoms with Crippen LogP contribution in [0.5, 0.6) is 0 Å². The van der Waals surface area contributed by atoms with Crippen molar-refractivity contribution >= 4 is 5.97 Å². The van der Waals surface area contributed by atoms with Crippen molar-refractivity contribution in [3.05, 3.63) is 0 Å². The monoisotopic (exact) mass is 156 g/mol. The molecule has 2 fully saturated rings. The van der Waals surface area contributed by atoms with Crippen molar-refractivity contribution in [2.75, 3.05) is 6.61 Å². The molecule has 0 aromatic heterocycles. The van der Waals surface area contributed by atoms with Gasteiger partial charge in [-0.05, 0) is 12.8 Å². The molecule has 2 aliphatic rings. The summed E-state index contributed by atoms with van der Waals surface area (Å²) in [6.07, 6.45) is 3.28. The van der Waals surface area contributed by atoms with E-state index in [0.717, 1.165) is 25.7 Å². The van der Waals surface area contributed by atoms with Crippen LogP contribution in [-0.4, -0.2) is 23.8 Å². The standard InChI is InChI=1S/C8H12O3/c9-6-7(10)11-5-8(6)3-1-2-4-8/h6,9H,1-5H2/t6-/m1/s1. The molecule has 1 atom stereocenters. The molecule has 0 unspecified atom stereocenters. The molecule has 0 aromatic carbocycles. The van der Waals surface area contributed by atoms with Gasteiger partial charge in [0, 0.05) is 5.41 Å². The van der Waals surface area contributed by atoms with Gasteiger partial charge >= 0.3 is 5.97 Å². The fraction of sp³-hybridized carbons (Fsp3) is 0.875. The molecule has 3 nitrogen and oxygen atoms in total. The molecule has 1 N–H and O–H groups in total.